The lowest BCUT2D eigenvalue weighted by molar-refractivity contribution is 0.670. The third-order valence-electron chi connectivity index (χ3n) is 12.0. The van der Waals surface area contributed by atoms with Crippen molar-refractivity contribution in [2.75, 3.05) is 0 Å². The third kappa shape index (κ3) is 4.90. The van der Waals surface area contributed by atoms with Gasteiger partial charge in [0.25, 0.3) is 0 Å². The molecule has 0 bridgehead atoms. The molecule has 0 unspecified atom stereocenters. The summed E-state index contributed by atoms with van der Waals surface area (Å²) in [5.41, 5.74) is 3.54. The van der Waals surface area contributed by atoms with Gasteiger partial charge in [0.15, 0.2) is 0 Å². The molecule has 5 aromatic heterocycles. The second-order valence-corrected chi connectivity index (χ2v) is 15.3. The van der Waals surface area contributed by atoms with Crippen LogP contribution in [0.25, 0.3) is 127 Å². The zero-order chi connectivity index (χ0) is 55.8. The fourth-order valence-electron chi connectivity index (χ4n) is 9.40. The summed E-state index contributed by atoms with van der Waals surface area (Å²) in [5.74, 6) is -0.712. The van der Waals surface area contributed by atoms with Gasteiger partial charge in [0.1, 0.15) is 17.0 Å². The minimum atomic E-state index is -0.703. The van der Waals surface area contributed by atoms with E-state index in [1.54, 1.807) is 0 Å². The van der Waals surface area contributed by atoms with Gasteiger partial charge in [-0.3, -0.25) is 9.13 Å². The maximum absolute atomic E-state index is 9.51. The molecule has 0 saturated heterocycles. The minimum absolute atomic E-state index is 0.0407. The lowest BCUT2D eigenvalue weighted by Gasteiger charge is -2.20. The number of aromatic nitrogens is 5. The third-order valence-corrected chi connectivity index (χ3v) is 12.0. The number of hydrogen-bond acceptors (Lipinski definition) is 3. The van der Waals surface area contributed by atoms with Crippen molar-refractivity contribution in [3.63, 3.8) is 0 Å². The number of furan rings is 1. The smallest absolute Gasteiger partial charge is 0.237 e. The van der Waals surface area contributed by atoms with Gasteiger partial charge in [-0.15, -0.1) is 0 Å². The molecule has 0 fully saturated rings. The Morgan fingerprint density at radius 1 is 0.391 bits per heavy atom. The van der Waals surface area contributed by atoms with Gasteiger partial charge in [-0.2, -0.15) is 4.98 Å². The van der Waals surface area contributed by atoms with Gasteiger partial charge in [0.2, 0.25) is 5.95 Å². The van der Waals surface area contributed by atoms with Gasteiger partial charge in [0.05, 0.1) is 66.4 Å². The Bertz CT molecular complexity index is 4790. The first-order valence-electron chi connectivity index (χ1n) is 28.4. The second kappa shape index (κ2) is 13.4. The summed E-state index contributed by atoms with van der Waals surface area (Å²) in [6.07, 6.45) is 0. The number of nitrogens with zero attached hydrogens (tertiary/aromatic N) is 5. The van der Waals surface area contributed by atoms with E-state index in [-0.39, 0.29) is 55.1 Å². The van der Waals surface area contributed by atoms with Crippen molar-refractivity contribution in [1.82, 2.24) is 23.7 Å². The zero-order valence-corrected chi connectivity index (χ0v) is 33.1. The van der Waals surface area contributed by atoms with Crippen molar-refractivity contribution in [3.05, 3.63) is 212 Å². The monoisotopic (exact) mass is 833 g/mol. The summed E-state index contributed by atoms with van der Waals surface area (Å²) in [7, 11) is 0. The minimum Gasteiger partial charge on any atom is -0.455 e. The molecule has 0 aliphatic rings. The fraction of sp³-hybridized carbons (Fsp3) is 0. The highest BCUT2D eigenvalue weighted by molar-refractivity contribution is 6.14. The Morgan fingerprint density at radius 3 is 1.52 bits per heavy atom. The quantitative estimate of drug-likeness (QED) is 0.174. The van der Waals surface area contributed by atoms with Crippen molar-refractivity contribution < 1.29 is 26.3 Å². The van der Waals surface area contributed by atoms with E-state index < -0.39 is 103 Å². The van der Waals surface area contributed by atoms with Crippen LogP contribution < -0.4 is 0 Å². The molecule has 0 saturated carbocycles. The van der Waals surface area contributed by atoms with Crippen LogP contribution in [-0.2, 0) is 0 Å². The molecule has 0 N–H and O–H groups in total. The molecule has 5 heterocycles. The van der Waals surface area contributed by atoms with Crippen LogP contribution in [0.5, 0.6) is 0 Å². The number of rotatable bonds is 5. The van der Waals surface area contributed by atoms with Crippen LogP contribution in [0.2, 0.25) is 0 Å². The van der Waals surface area contributed by atoms with Gasteiger partial charge in [-0.1, -0.05) is 157 Å². The number of benzene rings is 9. The van der Waals surface area contributed by atoms with Crippen LogP contribution in [0.15, 0.2) is 216 Å². The van der Waals surface area contributed by atoms with Crippen molar-refractivity contribution in [2.24, 2.45) is 0 Å². The Balaban J connectivity index is 1.25. The summed E-state index contributed by atoms with van der Waals surface area (Å²) in [4.78, 5) is 10.4. The Hall–Kier alpha value is -8.74. The van der Waals surface area contributed by atoms with E-state index in [1.165, 1.54) is 10.6 Å². The van der Waals surface area contributed by atoms with Gasteiger partial charge in [0, 0.05) is 60.3 Å². The van der Waals surface area contributed by atoms with E-state index in [4.69, 9.17) is 25.4 Å². The van der Waals surface area contributed by atoms with E-state index in [9.17, 15) is 11.0 Å². The SMILES string of the molecule is [2H]c1c([2H])c([2H])c2c(c1[2H])c1c([2H])c([2H])c([2H])c([2H])c1n2-c1cc(-c2c(-c3cccc4c3oc3ccccc34)cccc2-n2c3ccccc3c3ccccc32)nc(-n2c3c([2H])c([2H])c([2H])c([2H])c3c3c([2H])c([2H])c([2H])c([2H])c32)n1. The summed E-state index contributed by atoms with van der Waals surface area (Å²) in [6, 6.07) is 25.7. The molecule has 0 amide bonds. The molecule has 6 heteroatoms. The molecule has 9 aromatic carbocycles. The molecule has 0 spiro atoms. The van der Waals surface area contributed by atoms with Gasteiger partial charge < -0.3 is 8.98 Å². The highest BCUT2D eigenvalue weighted by Crippen LogP contribution is 2.45. The maximum atomic E-state index is 9.51. The Kier molecular flexibility index (Phi) is 4.79. The summed E-state index contributed by atoms with van der Waals surface area (Å²) < 4.78 is 157. The van der Waals surface area contributed by atoms with Gasteiger partial charge in [-0.05, 0) is 54.0 Å². The lowest BCUT2D eigenvalue weighted by Crippen LogP contribution is -2.09. The van der Waals surface area contributed by atoms with Gasteiger partial charge in [-0.25, -0.2) is 4.98 Å². The highest BCUT2D eigenvalue weighted by Gasteiger charge is 2.25. The molecule has 0 aliphatic carbocycles. The van der Waals surface area contributed by atoms with E-state index in [1.807, 2.05) is 109 Å². The van der Waals surface area contributed by atoms with Crippen LogP contribution in [0.4, 0.5) is 0 Å². The molecule has 64 heavy (non-hydrogen) atoms. The Labute approximate surface area is 388 Å². The van der Waals surface area contributed by atoms with E-state index in [2.05, 4.69) is 4.57 Å². The average molecular weight is 834 g/mol. The van der Waals surface area contributed by atoms with Gasteiger partial charge >= 0.3 is 0 Å². The van der Waals surface area contributed by atoms with Crippen molar-refractivity contribution in [1.29, 1.82) is 0 Å². The summed E-state index contributed by atoms with van der Waals surface area (Å²) in [5, 5.41) is 2.42. The topological polar surface area (TPSA) is 53.7 Å². The first-order chi connectivity index (χ1) is 38.4. The normalized spacial score (nSPS) is 15.6. The van der Waals surface area contributed by atoms with Crippen LogP contribution >= 0.6 is 0 Å². The van der Waals surface area contributed by atoms with E-state index in [0.717, 1.165) is 37.1 Å². The van der Waals surface area contributed by atoms with Crippen molar-refractivity contribution in [2.45, 2.75) is 0 Å². The molecular formula is C58H35N5O. The Morgan fingerprint density at radius 2 is 0.891 bits per heavy atom. The number of hydrogen-bond donors (Lipinski definition) is 0. The zero-order valence-electron chi connectivity index (χ0n) is 49.1. The van der Waals surface area contributed by atoms with E-state index in [0.29, 0.717) is 33.5 Å². The number of fused-ring (bicyclic) bond motifs is 12. The number of para-hydroxylation sites is 8. The summed E-state index contributed by atoms with van der Waals surface area (Å²) in [6.45, 7) is 0. The molecular weight excluding hydrogens is 783 g/mol. The van der Waals surface area contributed by atoms with Crippen molar-refractivity contribution in [3.8, 4) is 39.8 Å². The van der Waals surface area contributed by atoms with Crippen LogP contribution in [0, 0.1) is 0 Å². The molecule has 0 aliphatic heterocycles. The molecule has 298 valence electrons. The highest BCUT2D eigenvalue weighted by atomic mass is 16.3. The standard InChI is InChI=1S/C58H35N5O/c1-8-27-47-36(17-1)37-18-2-9-28-48(37)61(47)53-33-16-24-43(45-26-15-25-44-42-23-7-14-34-54(42)64-57(44)45)56(53)46-35-55(62-49-29-10-3-19-38(49)39-20-4-11-30-50(39)62)60-58(59-46)63-51-31-12-5-21-40(51)41-22-6-13-32-52(41)63/h1-35H/i3D,4D,5D,6D,10D,11D,12D,13D,19D,20D,21D,22D,29D,30D,31D,32D. The van der Waals surface area contributed by atoms with Crippen LogP contribution in [0.3, 0.4) is 0 Å². The molecule has 14 rings (SSSR count). The predicted molar refractivity (Wildman–Crippen MR) is 263 cm³/mol. The average Bonchev–Trinajstić information content (AvgIpc) is 3.72. The first kappa shape index (κ1) is 22.9. The largest absolute Gasteiger partial charge is 0.455 e. The molecule has 6 nitrogen and oxygen atoms in total. The summed E-state index contributed by atoms with van der Waals surface area (Å²) >= 11 is 0. The molecule has 0 atom stereocenters. The predicted octanol–water partition coefficient (Wildman–Crippen LogP) is 15.0. The fourth-order valence-corrected chi connectivity index (χ4v) is 9.40. The second-order valence-electron chi connectivity index (χ2n) is 15.3. The molecule has 14 aromatic rings. The first-order valence-corrected chi connectivity index (χ1v) is 20.4. The lowest BCUT2D eigenvalue weighted by atomic mass is 9.94. The maximum Gasteiger partial charge on any atom is 0.237 e. The van der Waals surface area contributed by atoms with Crippen molar-refractivity contribution >= 4 is 87.4 Å². The van der Waals surface area contributed by atoms with E-state index >= 15 is 0 Å². The van der Waals surface area contributed by atoms with Crippen LogP contribution in [-0.4, -0.2) is 23.7 Å². The molecule has 0 radical (unpaired) electrons. The van der Waals surface area contributed by atoms with Crippen LogP contribution in [0.1, 0.15) is 21.9 Å².